The minimum Gasteiger partial charge on any atom is -0.454 e. The Bertz CT molecular complexity index is 1520. The van der Waals surface area contributed by atoms with Crippen LogP contribution in [-0.2, 0) is 12.8 Å². The Morgan fingerprint density at radius 2 is 1.74 bits per heavy atom. The lowest BCUT2D eigenvalue weighted by molar-refractivity contribution is 0.174. The highest BCUT2D eigenvalue weighted by molar-refractivity contribution is 7.98. The summed E-state index contributed by atoms with van der Waals surface area (Å²) in [6.07, 6.45) is 0. The Labute approximate surface area is 215 Å². The van der Waals surface area contributed by atoms with Gasteiger partial charge in [0.2, 0.25) is 6.79 Å². The first kappa shape index (κ1) is 22.3. The molecule has 6 rings (SSSR count). The summed E-state index contributed by atoms with van der Waals surface area (Å²) in [6.45, 7) is 4.54. The summed E-state index contributed by atoms with van der Waals surface area (Å²) in [6, 6.07) is 14.6. The van der Waals surface area contributed by atoms with Crippen molar-refractivity contribution < 1.29 is 9.47 Å². The Kier molecular flexibility index (Phi) is 5.83. The maximum atomic E-state index is 5.50. The van der Waals surface area contributed by atoms with Crippen LogP contribution in [0.2, 0.25) is 0 Å². The standard InChI is InChI=1S/C26H22N4O2S3/c1-15-4-6-17(7-5-15)23-16(2)33-13-20(23)24-28-29-26(30(24)3)35-12-19-11-34-25(27-19)18-8-9-21-22(10-18)32-14-31-21/h4-11,13H,12,14H2,1-3H3. The van der Waals surface area contributed by atoms with Crippen molar-refractivity contribution in [3.8, 4) is 44.6 Å². The van der Waals surface area contributed by atoms with E-state index >= 15 is 0 Å². The first-order chi connectivity index (χ1) is 17.1. The van der Waals surface area contributed by atoms with E-state index in [2.05, 4.69) is 63.6 Å². The molecule has 6 nitrogen and oxygen atoms in total. The first-order valence-electron chi connectivity index (χ1n) is 11.1. The molecule has 3 aromatic heterocycles. The third-order valence-electron chi connectivity index (χ3n) is 5.91. The predicted molar refractivity (Wildman–Crippen MR) is 142 cm³/mol. The second-order valence-electron chi connectivity index (χ2n) is 8.31. The zero-order chi connectivity index (χ0) is 23.9. The zero-order valence-electron chi connectivity index (χ0n) is 19.4. The Hall–Kier alpha value is -3.14. The van der Waals surface area contributed by atoms with Crippen molar-refractivity contribution in [1.82, 2.24) is 19.7 Å². The van der Waals surface area contributed by atoms with Gasteiger partial charge in [-0.3, -0.25) is 0 Å². The average Bonchev–Trinajstić information content (AvgIpc) is 3.65. The van der Waals surface area contributed by atoms with Crippen LogP contribution >= 0.6 is 34.4 Å². The molecule has 0 saturated carbocycles. The third kappa shape index (κ3) is 4.24. The molecular formula is C26H22N4O2S3. The van der Waals surface area contributed by atoms with E-state index in [0.29, 0.717) is 0 Å². The fourth-order valence-corrected chi connectivity index (χ4v) is 6.64. The molecule has 5 aromatic rings. The molecule has 9 heteroatoms. The van der Waals surface area contributed by atoms with Gasteiger partial charge in [-0.25, -0.2) is 4.98 Å². The SMILES string of the molecule is Cc1ccc(-c2c(-c3nnc(SCc4csc(-c5ccc6c(c5)OCO6)n4)n3C)csc2C)cc1. The van der Waals surface area contributed by atoms with E-state index in [1.165, 1.54) is 21.6 Å². The molecule has 1 aliphatic heterocycles. The molecule has 1 aliphatic rings. The molecule has 176 valence electrons. The molecule has 2 aromatic carbocycles. The van der Waals surface area contributed by atoms with Crippen LogP contribution in [0.25, 0.3) is 33.1 Å². The number of nitrogens with zero attached hydrogens (tertiary/aromatic N) is 4. The molecule has 0 atom stereocenters. The number of hydrogen-bond acceptors (Lipinski definition) is 8. The van der Waals surface area contributed by atoms with Gasteiger partial charge in [0, 0.05) is 45.1 Å². The Morgan fingerprint density at radius 1 is 0.943 bits per heavy atom. The molecule has 0 radical (unpaired) electrons. The highest BCUT2D eigenvalue weighted by Crippen LogP contribution is 2.40. The number of hydrogen-bond donors (Lipinski definition) is 0. The normalized spacial score (nSPS) is 12.4. The molecule has 4 heterocycles. The van der Waals surface area contributed by atoms with Gasteiger partial charge in [-0.05, 0) is 37.6 Å². The van der Waals surface area contributed by atoms with Gasteiger partial charge in [-0.15, -0.1) is 32.9 Å². The molecule has 0 aliphatic carbocycles. The third-order valence-corrected chi connectivity index (χ3v) is 8.82. The fraction of sp³-hybridized carbons (Fsp3) is 0.192. The minimum atomic E-state index is 0.274. The lowest BCUT2D eigenvalue weighted by Crippen LogP contribution is -1.96. The van der Waals surface area contributed by atoms with Gasteiger partial charge < -0.3 is 14.0 Å². The molecule has 0 saturated heterocycles. The molecule has 0 amide bonds. The van der Waals surface area contributed by atoms with Gasteiger partial charge in [0.1, 0.15) is 5.01 Å². The van der Waals surface area contributed by atoms with E-state index in [1.807, 2.05) is 25.2 Å². The zero-order valence-corrected chi connectivity index (χ0v) is 21.9. The lowest BCUT2D eigenvalue weighted by Gasteiger charge is -2.07. The van der Waals surface area contributed by atoms with Crippen LogP contribution in [0.1, 0.15) is 16.1 Å². The maximum Gasteiger partial charge on any atom is 0.231 e. The second kappa shape index (κ2) is 9.14. The molecule has 0 fully saturated rings. The smallest absolute Gasteiger partial charge is 0.231 e. The van der Waals surface area contributed by atoms with Gasteiger partial charge >= 0.3 is 0 Å². The lowest BCUT2D eigenvalue weighted by atomic mass is 10.0. The number of aromatic nitrogens is 4. The number of rotatable bonds is 6. The van der Waals surface area contributed by atoms with Crippen molar-refractivity contribution in [2.45, 2.75) is 24.8 Å². The van der Waals surface area contributed by atoms with Crippen LogP contribution in [0, 0.1) is 13.8 Å². The second-order valence-corrected chi connectivity index (χ2v) is 11.2. The van der Waals surface area contributed by atoms with Gasteiger partial charge in [-0.1, -0.05) is 41.6 Å². The minimum absolute atomic E-state index is 0.274. The van der Waals surface area contributed by atoms with Crippen molar-refractivity contribution in [2.24, 2.45) is 7.05 Å². The Balaban J connectivity index is 1.21. The number of ether oxygens (including phenoxy) is 2. The van der Waals surface area contributed by atoms with Crippen molar-refractivity contribution in [3.63, 3.8) is 0 Å². The highest BCUT2D eigenvalue weighted by atomic mass is 32.2. The van der Waals surface area contributed by atoms with Crippen LogP contribution in [0.3, 0.4) is 0 Å². The number of thiophene rings is 1. The van der Waals surface area contributed by atoms with Crippen LogP contribution < -0.4 is 9.47 Å². The first-order valence-corrected chi connectivity index (χ1v) is 13.8. The molecule has 0 spiro atoms. The quantitative estimate of drug-likeness (QED) is 0.226. The molecular weight excluding hydrogens is 497 g/mol. The van der Waals surface area contributed by atoms with Gasteiger partial charge in [0.05, 0.1) is 5.69 Å². The van der Waals surface area contributed by atoms with Crippen molar-refractivity contribution in [1.29, 1.82) is 0 Å². The van der Waals surface area contributed by atoms with Crippen LogP contribution in [0.5, 0.6) is 11.5 Å². The molecule has 0 N–H and O–H groups in total. The largest absolute Gasteiger partial charge is 0.454 e. The van der Waals surface area contributed by atoms with E-state index in [1.54, 1.807) is 34.4 Å². The maximum absolute atomic E-state index is 5.50. The van der Waals surface area contributed by atoms with Gasteiger partial charge in [0.15, 0.2) is 22.5 Å². The van der Waals surface area contributed by atoms with Gasteiger partial charge in [-0.2, -0.15) is 0 Å². The summed E-state index contributed by atoms with van der Waals surface area (Å²) in [5.41, 5.74) is 6.87. The van der Waals surface area contributed by atoms with Crippen molar-refractivity contribution in [3.05, 3.63) is 69.4 Å². The highest BCUT2D eigenvalue weighted by Gasteiger charge is 2.20. The average molecular weight is 519 g/mol. The molecule has 35 heavy (non-hydrogen) atoms. The summed E-state index contributed by atoms with van der Waals surface area (Å²) in [4.78, 5) is 6.10. The van der Waals surface area contributed by atoms with E-state index in [9.17, 15) is 0 Å². The number of thiazole rings is 1. The van der Waals surface area contributed by atoms with Gasteiger partial charge in [0.25, 0.3) is 0 Å². The molecule has 0 bridgehead atoms. The van der Waals surface area contributed by atoms with Crippen LogP contribution in [-0.4, -0.2) is 26.5 Å². The Morgan fingerprint density at radius 3 is 2.60 bits per heavy atom. The van der Waals surface area contributed by atoms with Crippen molar-refractivity contribution >= 4 is 34.4 Å². The fourth-order valence-electron chi connectivity index (χ4n) is 4.05. The number of aryl methyl sites for hydroxylation is 2. The predicted octanol–water partition coefficient (Wildman–Crippen LogP) is 6.97. The summed E-state index contributed by atoms with van der Waals surface area (Å²) in [5, 5.41) is 15.2. The van der Waals surface area contributed by atoms with E-state index < -0.39 is 0 Å². The number of benzene rings is 2. The summed E-state index contributed by atoms with van der Waals surface area (Å²) in [7, 11) is 2.03. The van der Waals surface area contributed by atoms with E-state index in [-0.39, 0.29) is 6.79 Å². The van der Waals surface area contributed by atoms with E-state index in [4.69, 9.17) is 14.5 Å². The van der Waals surface area contributed by atoms with Crippen molar-refractivity contribution in [2.75, 3.05) is 6.79 Å². The summed E-state index contributed by atoms with van der Waals surface area (Å²) < 4.78 is 13.0. The summed E-state index contributed by atoms with van der Waals surface area (Å²) >= 11 is 5.03. The van der Waals surface area contributed by atoms with Crippen LogP contribution in [0.15, 0.2) is 58.4 Å². The number of fused-ring (bicyclic) bond motifs is 1. The molecule has 0 unspecified atom stereocenters. The number of thioether (sulfide) groups is 1. The monoisotopic (exact) mass is 518 g/mol. The topological polar surface area (TPSA) is 62.1 Å². The van der Waals surface area contributed by atoms with Crippen LogP contribution in [0.4, 0.5) is 0 Å². The summed E-state index contributed by atoms with van der Waals surface area (Å²) in [5.74, 6) is 3.16. The van der Waals surface area contributed by atoms with E-state index in [0.717, 1.165) is 50.1 Å².